The Bertz CT molecular complexity index is 2560. The van der Waals surface area contributed by atoms with E-state index in [1.807, 2.05) is 11.3 Å². The van der Waals surface area contributed by atoms with Crippen molar-refractivity contribution < 1.29 is 0 Å². The van der Waals surface area contributed by atoms with Gasteiger partial charge < -0.3 is 9.80 Å². The van der Waals surface area contributed by atoms with Crippen LogP contribution in [0.1, 0.15) is 60.4 Å². The zero-order chi connectivity index (χ0) is 35.5. The lowest BCUT2D eigenvalue weighted by molar-refractivity contribution is 0.507. The summed E-state index contributed by atoms with van der Waals surface area (Å²) in [4.78, 5) is 4.88. The Morgan fingerprint density at radius 2 is 0.962 bits per heavy atom. The van der Waals surface area contributed by atoms with Crippen LogP contribution < -0.4 is 9.80 Å². The molecule has 2 nitrogen and oxygen atoms in total. The number of anilines is 6. The molecule has 1 aromatic heterocycles. The quantitative estimate of drug-likeness (QED) is 0.163. The summed E-state index contributed by atoms with van der Waals surface area (Å²) in [7, 11) is 0. The Kier molecular flexibility index (Phi) is 7.73. The Labute approximate surface area is 316 Å². The first-order chi connectivity index (χ1) is 26.1. The highest BCUT2D eigenvalue weighted by Crippen LogP contribution is 2.55. The highest BCUT2D eigenvalue weighted by atomic mass is 32.1. The number of aryl methyl sites for hydroxylation is 2. The van der Waals surface area contributed by atoms with Crippen molar-refractivity contribution >= 4 is 65.6 Å². The third kappa shape index (κ3) is 5.29. The lowest BCUT2D eigenvalue weighted by atomic mass is 9.76. The SMILES string of the molecule is CC(C)c1cccc2sc3cc(N(c4ccccc4)c4ccc5c(c4)[C@]4(CCc6ccc(N(c7ccccc7)c7ccccc7)cc64)CC5)ccc3c12. The van der Waals surface area contributed by atoms with Gasteiger partial charge in [0, 0.05) is 59.7 Å². The normalized spacial score (nSPS) is 16.1. The Morgan fingerprint density at radius 1 is 0.472 bits per heavy atom. The second-order valence-corrected chi connectivity index (χ2v) is 16.2. The average Bonchev–Trinajstić information content (AvgIpc) is 3.89. The minimum absolute atomic E-state index is 0.000762. The summed E-state index contributed by atoms with van der Waals surface area (Å²) in [5.41, 5.74) is 14.6. The predicted molar refractivity (Wildman–Crippen MR) is 227 cm³/mol. The van der Waals surface area contributed by atoms with E-state index in [4.69, 9.17) is 0 Å². The standard InChI is InChI=1S/C50H42N2S/c1-34(2)43-19-12-20-47-49(43)44-26-25-42(33-48(44)53-47)52(39-17-10-5-11-18-39)41-24-22-36-28-30-50(46(36)32-41)29-27-35-21-23-40(31-45(35)50)51(37-13-6-3-7-14-37)38-15-8-4-9-16-38/h3-26,31-34H,27-30H2,1-2H3/t50-/m1/s1. The number of rotatable bonds is 7. The van der Waals surface area contributed by atoms with Gasteiger partial charge in [-0.05, 0) is 138 Å². The fourth-order valence-electron chi connectivity index (χ4n) is 9.33. The zero-order valence-corrected chi connectivity index (χ0v) is 31.1. The molecule has 0 bridgehead atoms. The molecule has 7 aromatic carbocycles. The Balaban J connectivity index is 1.10. The van der Waals surface area contributed by atoms with E-state index in [1.165, 1.54) is 82.1 Å². The fraction of sp³-hybridized carbons (Fsp3) is 0.160. The second-order valence-electron chi connectivity index (χ2n) is 15.1. The molecular weight excluding hydrogens is 661 g/mol. The van der Waals surface area contributed by atoms with E-state index in [0.717, 1.165) is 25.7 Å². The van der Waals surface area contributed by atoms with E-state index in [1.54, 1.807) is 0 Å². The molecule has 258 valence electrons. The summed E-state index contributed by atoms with van der Waals surface area (Å²) >= 11 is 1.91. The molecule has 53 heavy (non-hydrogen) atoms. The van der Waals surface area contributed by atoms with Crippen molar-refractivity contribution in [1.82, 2.24) is 0 Å². The maximum Gasteiger partial charge on any atom is 0.0476 e. The Morgan fingerprint density at radius 3 is 1.49 bits per heavy atom. The van der Waals surface area contributed by atoms with Crippen LogP contribution in [0, 0.1) is 0 Å². The second kappa shape index (κ2) is 12.8. The summed E-state index contributed by atoms with van der Waals surface area (Å²) in [5.74, 6) is 0.479. The van der Waals surface area contributed by atoms with Crippen molar-refractivity contribution in [3.05, 3.63) is 192 Å². The van der Waals surface area contributed by atoms with E-state index >= 15 is 0 Å². The van der Waals surface area contributed by atoms with Crippen molar-refractivity contribution in [2.75, 3.05) is 9.80 Å². The monoisotopic (exact) mass is 702 g/mol. The molecule has 0 N–H and O–H groups in total. The van der Waals surface area contributed by atoms with Gasteiger partial charge in [-0.2, -0.15) is 0 Å². The van der Waals surface area contributed by atoms with Crippen LogP contribution in [0.3, 0.4) is 0 Å². The van der Waals surface area contributed by atoms with Crippen LogP contribution in [-0.4, -0.2) is 0 Å². The lowest BCUT2D eigenvalue weighted by Gasteiger charge is -2.31. The first-order valence-corrected chi connectivity index (χ1v) is 19.9. The van der Waals surface area contributed by atoms with Gasteiger partial charge in [0.25, 0.3) is 0 Å². The van der Waals surface area contributed by atoms with Gasteiger partial charge >= 0.3 is 0 Å². The summed E-state index contributed by atoms with van der Waals surface area (Å²) in [6, 6.07) is 61.0. The van der Waals surface area contributed by atoms with Crippen molar-refractivity contribution in [2.24, 2.45) is 0 Å². The number of para-hydroxylation sites is 3. The van der Waals surface area contributed by atoms with Crippen molar-refractivity contribution in [1.29, 1.82) is 0 Å². The van der Waals surface area contributed by atoms with Gasteiger partial charge in [0.2, 0.25) is 0 Å². The number of hydrogen-bond acceptors (Lipinski definition) is 3. The molecule has 0 amide bonds. The topological polar surface area (TPSA) is 6.48 Å². The van der Waals surface area contributed by atoms with Gasteiger partial charge in [0.1, 0.15) is 0 Å². The largest absolute Gasteiger partial charge is 0.310 e. The molecule has 2 aliphatic rings. The van der Waals surface area contributed by atoms with Gasteiger partial charge in [0.05, 0.1) is 0 Å². The lowest BCUT2D eigenvalue weighted by Crippen LogP contribution is -2.22. The molecule has 0 unspecified atom stereocenters. The number of benzene rings is 7. The Hall–Kier alpha value is -5.64. The van der Waals surface area contributed by atoms with Crippen LogP contribution in [0.5, 0.6) is 0 Å². The van der Waals surface area contributed by atoms with E-state index in [2.05, 4.69) is 187 Å². The fourth-order valence-corrected chi connectivity index (χ4v) is 10.5. The molecule has 8 aromatic rings. The highest BCUT2D eigenvalue weighted by molar-refractivity contribution is 7.25. The smallest absolute Gasteiger partial charge is 0.0476 e. The van der Waals surface area contributed by atoms with Gasteiger partial charge in [-0.25, -0.2) is 0 Å². The molecule has 1 heterocycles. The predicted octanol–water partition coefficient (Wildman–Crippen LogP) is 14.3. The summed E-state index contributed by atoms with van der Waals surface area (Å²) < 4.78 is 2.70. The van der Waals surface area contributed by atoms with Crippen molar-refractivity contribution in [3.63, 3.8) is 0 Å². The number of nitrogens with zero attached hydrogens (tertiary/aromatic N) is 2. The molecule has 0 aliphatic heterocycles. The average molecular weight is 703 g/mol. The first kappa shape index (κ1) is 32.0. The zero-order valence-electron chi connectivity index (χ0n) is 30.3. The summed E-state index contributed by atoms with van der Waals surface area (Å²) in [6.45, 7) is 4.60. The molecule has 2 aliphatic carbocycles. The van der Waals surface area contributed by atoms with Gasteiger partial charge in [-0.15, -0.1) is 11.3 Å². The van der Waals surface area contributed by atoms with Gasteiger partial charge in [-0.3, -0.25) is 0 Å². The van der Waals surface area contributed by atoms with Crippen LogP contribution in [0.25, 0.3) is 20.2 Å². The van der Waals surface area contributed by atoms with Gasteiger partial charge in [-0.1, -0.05) is 98.8 Å². The minimum Gasteiger partial charge on any atom is -0.310 e. The van der Waals surface area contributed by atoms with Crippen LogP contribution >= 0.6 is 11.3 Å². The number of thiophene rings is 1. The molecule has 0 radical (unpaired) electrons. The van der Waals surface area contributed by atoms with E-state index < -0.39 is 0 Å². The first-order valence-electron chi connectivity index (χ1n) is 19.0. The van der Waals surface area contributed by atoms with Crippen LogP contribution in [0.2, 0.25) is 0 Å². The molecule has 1 atom stereocenters. The van der Waals surface area contributed by atoms with Crippen LogP contribution in [0.15, 0.2) is 164 Å². The maximum absolute atomic E-state index is 2.54. The molecular formula is C50H42N2S. The van der Waals surface area contributed by atoms with Crippen LogP contribution in [0.4, 0.5) is 34.1 Å². The van der Waals surface area contributed by atoms with Crippen LogP contribution in [-0.2, 0) is 18.3 Å². The summed E-state index contributed by atoms with van der Waals surface area (Å²) in [6.07, 6.45) is 4.52. The molecule has 0 fully saturated rings. The maximum atomic E-state index is 2.54. The number of fused-ring (bicyclic) bond motifs is 7. The van der Waals surface area contributed by atoms with E-state index in [9.17, 15) is 0 Å². The van der Waals surface area contributed by atoms with Crippen molar-refractivity contribution in [2.45, 2.75) is 50.9 Å². The highest BCUT2D eigenvalue weighted by Gasteiger charge is 2.45. The van der Waals surface area contributed by atoms with E-state index in [-0.39, 0.29) is 5.41 Å². The minimum atomic E-state index is 0.000762. The molecule has 0 saturated heterocycles. The molecule has 10 rings (SSSR count). The van der Waals surface area contributed by atoms with Crippen molar-refractivity contribution in [3.8, 4) is 0 Å². The molecule has 3 heteroatoms. The third-order valence-electron chi connectivity index (χ3n) is 11.8. The van der Waals surface area contributed by atoms with Gasteiger partial charge in [0.15, 0.2) is 0 Å². The molecule has 0 saturated carbocycles. The third-order valence-corrected chi connectivity index (χ3v) is 12.9. The number of hydrogen-bond donors (Lipinski definition) is 0. The summed E-state index contributed by atoms with van der Waals surface area (Å²) in [5, 5.41) is 2.77. The van der Waals surface area contributed by atoms with E-state index in [0.29, 0.717) is 5.92 Å². The molecule has 1 spiro atoms.